The van der Waals surface area contributed by atoms with Gasteiger partial charge in [0.15, 0.2) is 12.0 Å². The van der Waals surface area contributed by atoms with E-state index in [0.29, 0.717) is 6.29 Å². The lowest BCUT2D eigenvalue weighted by atomic mass is 10.3. The molecule has 1 aromatic rings. The maximum absolute atomic E-state index is 11.1. The fourth-order valence-corrected chi connectivity index (χ4v) is 0.983. The first-order valence-electron chi connectivity index (χ1n) is 3.56. The highest BCUT2D eigenvalue weighted by Crippen LogP contribution is 2.09. The number of halogens is 1. The van der Waals surface area contributed by atoms with E-state index in [1.165, 1.54) is 0 Å². The molecule has 0 aliphatic rings. The Balaban J connectivity index is 2.98. The number of rotatable bonds is 3. The predicted octanol–water partition coefficient (Wildman–Crippen LogP) is 1.05. The summed E-state index contributed by atoms with van der Waals surface area (Å²) in [5.74, 6) is -0.659. The third-order valence-electron chi connectivity index (χ3n) is 1.29. The first-order chi connectivity index (χ1) is 6.19. The number of ether oxygens (including phenoxy) is 1. The number of aromatic amines is 1. The Hall–Kier alpha value is -1.36. The monoisotopic (exact) mass is 202 g/mol. The molecule has 0 aromatic carbocycles. The molecule has 5 nitrogen and oxygen atoms in total. The molecule has 1 heterocycles. The SMILES string of the molecule is CCOC(=O)c1nc(Cl)[nH]c1C=O. The van der Waals surface area contributed by atoms with E-state index in [1.54, 1.807) is 6.92 Å². The molecule has 0 aliphatic heterocycles. The highest BCUT2D eigenvalue weighted by Gasteiger charge is 2.17. The van der Waals surface area contributed by atoms with Crippen molar-refractivity contribution < 1.29 is 14.3 Å². The van der Waals surface area contributed by atoms with E-state index in [1.807, 2.05) is 0 Å². The van der Waals surface area contributed by atoms with Crippen LogP contribution in [0.2, 0.25) is 5.28 Å². The van der Waals surface area contributed by atoms with E-state index in [-0.39, 0.29) is 23.3 Å². The van der Waals surface area contributed by atoms with Gasteiger partial charge in [-0.2, -0.15) is 0 Å². The summed E-state index contributed by atoms with van der Waals surface area (Å²) in [6.45, 7) is 1.88. The summed E-state index contributed by atoms with van der Waals surface area (Å²) >= 11 is 5.46. The molecule has 1 aromatic heterocycles. The van der Waals surface area contributed by atoms with Crippen LogP contribution >= 0.6 is 11.6 Å². The lowest BCUT2D eigenvalue weighted by molar-refractivity contribution is 0.0518. The topological polar surface area (TPSA) is 72.0 Å². The van der Waals surface area contributed by atoms with Gasteiger partial charge in [-0.25, -0.2) is 9.78 Å². The van der Waals surface area contributed by atoms with E-state index in [9.17, 15) is 9.59 Å². The molecular formula is C7H7ClN2O3. The Morgan fingerprint density at radius 2 is 2.46 bits per heavy atom. The molecule has 0 spiro atoms. The van der Waals surface area contributed by atoms with Gasteiger partial charge in [0, 0.05) is 0 Å². The maximum atomic E-state index is 11.1. The first-order valence-corrected chi connectivity index (χ1v) is 3.94. The third kappa shape index (κ3) is 2.06. The highest BCUT2D eigenvalue weighted by atomic mass is 35.5. The quantitative estimate of drug-likeness (QED) is 0.588. The van der Waals surface area contributed by atoms with Gasteiger partial charge in [-0.3, -0.25) is 4.79 Å². The van der Waals surface area contributed by atoms with Gasteiger partial charge in [0.05, 0.1) is 6.61 Å². The number of carbonyl (C=O) groups is 2. The van der Waals surface area contributed by atoms with Gasteiger partial charge >= 0.3 is 5.97 Å². The zero-order valence-corrected chi connectivity index (χ0v) is 7.59. The molecule has 0 unspecified atom stereocenters. The van der Waals surface area contributed by atoms with E-state index in [4.69, 9.17) is 11.6 Å². The van der Waals surface area contributed by atoms with E-state index in [0.717, 1.165) is 0 Å². The van der Waals surface area contributed by atoms with Gasteiger partial charge in [-0.05, 0) is 18.5 Å². The van der Waals surface area contributed by atoms with Gasteiger partial charge in [0.25, 0.3) is 0 Å². The second-order valence-electron chi connectivity index (χ2n) is 2.13. The lowest BCUT2D eigenvalue weighted by Gasteiger charge is -1.96. The van der Waals surface area contributed by atoms with Crippen molar-refractivity contribution in [2.45, 2.75) is 6.92 Å². The minimum absolute atomic E-state index is 0.00912. The van der Waals surface area contributed by atoms with Gasteiger partial charge in [-0.15, -0.1) is 0 Å². The summed E-state index contributed by atoms with van der Waals surface area (Å²) in [5, 5.41) is -0.00912. The van der Waals surface area contributed by atoms with Gasteiger partial charge < -0.3 is 9.72 Å². The summed E-state index contributed by atoms with van der Waals surface area (Å²) in [6.07, 6.45) is 0.463. The van der Waals surface area contributed by atoms with Crippen LogP contribution in [0.3, 0.4) is 0 Å². The number of imidazole rings is 1. The van der Waals surface area contributed by atoms with E-state index < -0.39 is 5.97 Å². The Labute approximate surface area is 79.1 Å². The fraction of sp³-hybridized carbons (Fsp3) is 0.286. The van der Waals surface area contributed by atoms with Crippen molar-refractivity contribution in [3.8, 4) is 0 Å². The molecular weight excluding hydrogens is 196 g/mol. The number of aromatic nitrogens is 2. The van der Waals surface area contributed by atoms with Crippen LogP contribution in [-0.4, -0.2) is 28.8 Å². The number of H-pyrrole nitrogens is 1. The number of hydrogen-bond acceptors (Lipinski definition) is 4. The van der Waals surface area contributed by atoms with Crippen LogP contribution in [0.5, 0.6) is 0 Å². The average molecular weight is 203 g/mol. The molecule has 6 heteroatoms. The summed E-state index contributed by atoms with van der Waals surface area (Å²) in [7, 11) is 0. The van der Waals surface area contributed by atoms with Crippen molar-refractivity contribution in [3.05, 3.63) is 16.7 Å². The number of esters is 1. The van der Waals surface area contributed by atoms with Crippen molar-refractivity contribution in [1.29, 1.82) is 0 Å². The molecule has 13 heavy (non-hydrogen) atoms. The van der Waals surface area contributed by atoms with E-state index in [2.05, 4.69) is 14.7 Å². The molecule has 0 fully saturated rings. The van der Waals surface area contributed by atoms with Gasteiger partial charge in [0.2, 0.25) is 5.28 Å². The Morgan fingerprint density at radius 1 is 1.77 bits per heavy atom. The largest absolute Gasteiger partial charge is 0.461 e. The Morgan fingerprint density at radius 3 is 3.00 bits per heavy atom. The van der Waals surface area contributed by atoms with Crippen LogP contribution in [0.1, 0.15) is 27.9 Å². The summed E-state index contributed by atoms with van der Waals surface area (Å²) in [5.41, 5.74) is -0.0506. The number of carbonyl (C=O) groups excluding carboxylic acids is 2. The van der Waals surface area contributed by atoms with Crippen LogP contribution < -0.4 is 0 Å². The molecule has 0 saturated heterocycles. The molecule has 0 radical (unpaired) electrons. The minimum atomic E-state index is -0.659. The molecule has 0 saturated carbocycles. The van der Waals surface area contributed by atoms with Crippen molar-refractivity contribution in [2.24, 2.45) is 0 Å². The normalized spacial score (nSPS) is 9.69. The zero-order valence-electron chi connectivity index (χ0n) is 6.83. The minimum Gasteiger partial charge on any atom is -0.461 e. The fourth-order valence-electron chi connectivity index (χ4n) is 0.797. The number of nitrogens with zero attached hydrogens (tertiary/aromatic N) is 1. The van der Waals surface area contributed by atoms with Crippen molar-refractivity contribution in [2.75, 3.05) is 6.61 Å². The summed E-state index contributed by atoms with van der Waals surface area (Å²) in [6, 6.07) is 0. The van der Waals surface area contributed by atoms with Crippen LogP contribution in [0, 0.1) is 0 Å². The zero-order chi connectivity index (χ0) is 9.84. The first kappa shape index (κ1) is 9.73. The second kappa shape index (κ2) is 4.04. The molecule has 0 bridgehead atoms. The average Bonchev–Trinajstić information content (AvgIpc) is 2.47. The molecule has 70 valence electrons. The van der Waals surface area contributed by atoms with Crippen molar-refractivity contribution in [3.63, 3.8) is 0 Å². The third-order valence-corrected chi connectivity index (χ3v) is 1.47. The molecule has 0 aliphatic carbocycles. The number of aldehydes is 1. The maximum Gasteiger partial charge on any atom is 0.359 e. The molecule has 1 N–H and O–H groups in total. The van der Waals surface area contributed by atoms with Gasteiger partial charge in [-0.1, -0.05) is 0 Å². The molecule has 0 atom stereocenters. The van der Waals surface area contributed by atoms with Crippen LogP contribution in [0.15, 0.2) is 0 Å². The molecule has 1 rings (SSSR count). The number of hydrogen-bond donors (Lipinski definition) is 1. The van der Waals surface area contributed by atoms with Gasteiger partial charge in [0.1, 0.15) is 5.69 Å². The van der Waals surface area contributed by atoms with Crippen molar-refractivity contribution >= 4 is 23.9 Å². The predicted molar refractivity (Wildman–Crippen MR) is 44.9 cm³/mol. The van der Waals surface area contributed by atoms with E-state index >= 15 is 0 Å². The Bertz CT molecular complexity index is 334. The summed E-state index contributed by atoms with van der Waals surface area (Å²) < 4.78 is 4.64. The number of nitrogens with one attached hydrogen (secondary N) is 1. The van der Waals surface area contributed by atoms with Crippen LogP contribution in [0.25, 0.3) is 0 Å². The highest BCUT2D eigenvalue weighted by molar-refractivity contribution is 6.28. The van der Waals surface area contributed by atoms with Crippen LogP contribution in [-0.2, 0) is 4.74 Å². The van der Waals surface area contributed by atoms with Crippen molar-refractivity contribution in [1.82, 2.24) is 9.97 Å². The van der Waals surface area contributed by atoms with Crippen LogP contribution in [0.4, 0.5) is 0 Å². The summed E-state index contributed by atoms with van der Waals surface area (Å²) in [4.78, 5) is 27.6. The second-order valence-corrected chi connectivity index (χ2v) is 2.49. The Kier molecular flexibility index (Phi) is 3.02. The smallest absolute Gasteiger partial charge is 0.359 e. The molecule has 0 amide bonds. The standard InChI is InChI=1S/C7H7ClN2O3/c1-2-13-6(12)5-4(3-11)9-7(8)10-5/h3H,2H2,1H3,(H,9,10). The lowest BCUT2D eigenvalue weighted by Crippen LogP contribution is -2.07.